The van der Waals surface area contributed by atoms with Crippen LogP contribution in [0.3, 0.4) is 0 Å². The normalized spacial score (nSPS) is 10.3. The van der Waals surface area contributed by atoms with Crippen molar-refractivity contribution in [3.63, 3.8) is 0 Å². The summed E-state index contributed by atoms with van der Waals surface area (Å²) in [5, 5.41) is 0. The number of hydroxylamine groups is 1. The van der Waals surface area contributed by atoms with E-state index in [1.807, 2.05) is 62.4 Å². The molecule has 1 N–H and O–H groups in total. The summed E-state index contributed by atoms with van der Waals surface area (Å²) in [6.45, 7) is 4.67. The van der Waals surface area contributed by atoms with Crippen LogP contribution in [0.1, 0.15) is 23.1 Å². The van der Waals surface area contributed by atoms with Crippen molar-refractivity contribution in [2.45, 2.75) is 26.9 Å². The van der Waals surface area contributed by atoms with E-state index in [-0.39, 0.29) is 12.3 Å². The minimum atomic E-state index is -0.193. The summed E-state index contributed by atoms with van der Waals surface area (Å²) >= 11 is 0. The summed E-state index contributed by atoms with van der Waals surface area (Å²) in [5.74, 6) is 0.624. The first-order valence-electron chi connectivity index (χ1n) is 7.30. The fraction of sp³-hybridized carbons (Fsp3) is 0.278. The van der Waals surface area contributed by atoms with E-state index in [0.717, 1.165) is 22.4 Å². The van der Waals surface area contributed by atoms with Crippen LogP contribution in [0, 0.1) is 13.8 Å². The molecule has 0 bridgehead atoms. The van der Waals surface area contributed by atoms with Crippen LogP contribution in [0.4, 0.5) is 0 Å². The highest BCUT2D eigenvalue weighted by molar-refractivity contribution is 5.74. The molecule has 4 nitrogen and oxygen atoms in total. The lowest BCUT2D eigenvalue weighted by atomic mass is 10.1. The number of amides is 1. The summed E-state index contributed by atoms with van der Waals surface area (Å²) in [6, 6.07) is 15.7. The first kappa shape index (κ1) is 16.0. The number of ether oxygens (including phenoxy) is 1. The third-order valence-electron chi connectivity index (χ3n) is 3.20. The molecule has 0 saturated heterocycles. The van der Waals surface area contributed by atoms with Gasteiger partial charge in [-0.05, 0) is 36.6 Å². The molecule has 0 fully saturated rings. The topological polar surface area (TPSA) is 47.6 Å². The molecule has 22 heavy (non-hydrogen) atoms. The maximum atomic E-state index is 11.7. The molecule has 0 aliphatic heterocycles. The molecule has 0 aliphatic carbocycles. The van der Waals surface area contributed by atoms with Gasteiger partial charge in [-0.1, -0.05) is 42.5 Å². The van der Waals surface area contributed by atoms with E-state index in [2.05, 4.69) is 5.48 Å². The van der Waals surface area contributed by atoms with Crippen molar-refractivity contribution < 1.29 is 14.4 Å². The van der Waals surface area contributed by atoms with Crippen molar-refractivity contribution in [3.8, 4) is 5.75 Å². The van der Waals surface area contributed by atoms with Gasteiger partial charge in [0, 0.05) is 0 Å². The highest BCUT2D eigenvalue weighted by Gasteiger charge is 2.04. The number of benzene rings is 2. The fourth-order valence-electron chi connectivity index (χ4n) is 1.94. The zero-order valence-electron chi connectivity index (χ0n) is 13.0. The molecule has 0 aromatic heterocycles. The molecule has 0 radical (unpaired) electrons. The monoisotopic (exact) mass is 299 g/mol. The van der Waals surface area contributed by atoms with Crippen LogP contribution in [-0.4, -0.2) is 12.5 Å². The lowest BCUT2D eigenvalue weighted by molar-refractivity contribution is -0.135. The van der Waals surface area contributed by atoms with Gasteiger partial charge in [0.1, 0.15) is 5.75 Å². The Morgan fingerprint density at radius 1 is 1.09 bits per heavy atom. The standard InChI is InChI=1S/C18H21NO3/c1-14-8-9-15(2)17(12-14)21-11-10-18(20)19-22-13-16-6-4-3-5-7-16/h3-9,12H,10-11,13H2,1-2H3,(H,19,20). The Hall–Kier alpha value is -2.33. The van der Waals surface area contributed by atoms with Gasteiger partial charge in [0.05, 0.1) is 19.6 Å². The van der Waals surface area contributed by atoms with E-state index in [1.165, 1.54) is 0 Å². The summed E-state index contributed by atoms with van der Waals surface area (Å²) in [5.41, 5.74) is 5.63. The molecule has 2 rings (SSSR count). The number of aryl methyl sites for hydroxylation is 2. The first-order valence-corrected chi connectivity index (χ1v) is 7.30. The van der Waals surface area contributed by atoms with E-state index >= 15 is 0 Å². The van der Waals surface area contributed by atoms with Crippen LogP contribution in [0.25, 0.3) is 0 Å². The van der Waals surface area contributed by atoms with Crippen molar-refractivity contribution in [1.82, 2.24) is 5.48 Å². The van der Waals surface area contributed by atoms with Gasteiger partial charge in [-0.2, -0.15) is 0 Å². The minimum Gasteiger partial charge on any atom is -0.493 e. The molecule has 0 atom stereocenters. The highest BCUT2D eigenvalue weighted by Crippen LogP contribution is 2.19. The van der Waals surface area contributed by atoms with Gasteiger partial charge >= 0.3 is 0 Å². The second-order valence-electron chi connectivity index (χ2n) is 5.17. The average molecular weight is 299 g/mol. The Morgan fingerprint density at radius 2 is 1.86 bits per heavy atom. The summed E-state index contributed by atoms with van der Waals surface area (Å²) in [4.78, 5) is 16.8. The van der Waals surface area contributed by atoms with Gasteiger partial charge in [-0.25, -0.2) is 5.48 Å². The largest absolute Gasteiger partial charge is 0.493 e. The Kier molecular flexibility index (Phi) is 5.98. The maximum Gasteiger partial charge on any atom is 0.246 e. The SMILES string of the molecule is Cc1ccc(C)c(OCCC(=O)NOCc2ccccc2)c1. The van der Waals surface area contributed by atoms with E-state index in [4.69, 9.17) is 9.57 Å². The Balaban J connectivity index is 1.66. The van der Waals surface area contributed by atoms with Crippen molar-refractivity contribution in [2.24, 2.45) is 0 Å². The predicted molar refractivity (Wildman–Crippen MR) is 85.4 cm³/mol. The second kappa shape index (κ2) is 8.20. The third kappa shape index (κ3) is 5.22. The molecule has 0 saturated carbocycles. The molecule has 2 aromatic carbocycles. The molecular weight excluding hydrogens is 278 g/mol. The van der Waals surface area contributed by atoms with Crippen LogP contribution in [-0.2, 0) is 16.2 Å². The Morgan fingerprint density at radius 3 is 2.64 bits per heavy atom. The molecule has 0 aliphatic rings. The molecule has 4 heteroatoms. The average Bonchev–Trinajstić information content (AvgIpc) is 2.52. The molecule has 0 spiro atoms. The number of hydrogen-bond donors (Lipinski definition) is 1. The van der Waals surface area contributed by atoms with E-state index in [9.17, 15) is 4.79 Å². The van der Waals surface area contributed by atoms with Gasteiger partial charge in [-0.15, -0.1) is 0 Å². The van der Waals surface area contributed by atoms with Gasteiger partial charge in [0.15, 0.2) is 0 Å². The number of hydrogen-bond acceptors (Lipinski definition) is 3. The van der Waals surface area contributed by atoms with Crippen LogP contribution < -0.4 is 10.2 Å². The molecular formula is C18H21NO3. The Bertz CT molecular complexity index is 611. The van der Waals surface area contributed by atoms with Crippen molar-refractivity contribution in [2.75, 3.05) is 6.61 Å². The lowest BCUT2D eigenvalue weighted by Gasteiger charge is -2.10. The minimum absolute atomic E-state index is 0.193. The smallest absolute Gasteiger partial charge is 0.246 e. The second-order valence-corrected chi connectivity index (χ2v) is 5.17. The molecule has 0 heterocycles. The molecule has 116 valence electrons. The zero-order chi connectivity index (χ0) is 15.8. The summed E-state index contributed by atoms with van der Waals surface area (Å²) < 4.78 is 5.64. The van der Waals surface area contributed by atoms with Gasteiger partial charge in [0.2, 0.25) is 5.91 Å². The summed E-state index contributed by atoms with van der Waals surface area (Å²) in [6.07, 6.45) is 0.252. The fourth-order valence-corrected chi connectivity index (χ4v) is 1.94. The van der Waals surface area contributed by atoms with E-state index in [0.29, 0.717) is 13.2 Å². The predicted octanol–water partition coefficient (Wildman–Crippen LogP) is 3.32. The Labute approximate surface area is 131 Å². The number of carbonyl (C=O) groups excluding carboxylic acids is 1. The number of nitrogens with one attached hydrogen (secondary N) is 1. The van der Waals surface area contributed by atoms with Crippen LogP contribution in [0.15, 0.2) is 48.5 Å². The van der Waals surface area contributed by atoms with Crippen LogP contribution >= 0.6 is 0 Å². The van der Waals surface area contributed by atoms with E-state index in [1.54, 1.807) is 0 Å². The molecule has 0 unspecified atom stereocenters. The first-order chi connectivity index (χ1) is 10.6. The molecule has 1 amide bonds. The quantitative estimate of drug-likeness (QED) is 0.798. The van der Waals surface area contributed by atoms with Crippen LogP contribution in [0.5, 0.6) is 5.75 Å². The summed E-state index contributed by atoms with van der Waals surface area (Å²) in [7, 11) is 0. The number of rotatable bonds is 7. The van der Waals surface area contributed by atoms with Crippen LogP contribution in [0.2, 0.25) is 0 Å². The van der Waals surface area contributed by atoms with Gasteiger partial charge in [-0.3, -0.25) is 9.63 Å². The highest BCUT2D eigenvalue weighted by atomic mass is 16.6. The lowest BCUT2D eigenvalue weighted by Crippen LogP contribution is -2.25. The third-order valence-corrected chi connectivity index (χ3v) is 3.20. The van der Waals surface area contributed by atoms with Gasteiger partial charge < -0.3 is 4.74 Å². The van der Waals surface area contributed by atoms with Crippen molar-refractivity contribution in [1.29, 1.82) is 0 Å². The van der Waals surface area contributed by atoms with Crippen molar-refractivity contribution in [3.05, 3.63) is 65.2 Å². The van der Waals surface area contributed by atoms with Crippen molar-refractivity contribution >= 4 is 5.91 Å². The number of carbonyl (C=O) groups is 1. The zero-order valence-corrected chi connectivity index (χ0v) is 13.0. The van der Waals surface area contributed by atoms with Gasteiger partial charge in [0.25, 0.3) is 0 Å². The van der Waals surface area contributed by atoms with E-state index < -0.39 is 0 Å². The molecule has 2 aromatic rings. The maximum absolute atomic E-state index is 11.7.